The number of primary amides is 1. The minimum absolute atomic E-state index is 0.0339. The number of likely N-dealkylation sites (tertiary alicyclic amines) is 1. The smallest absolute Gasteiger partial charge is 0.252 e. The summed E-state index contributed by atoms with van der Waals surface area (Å²) in [5, 5.41) is 5.71. The average molecular weight is 590 g/mol. The summed E-state index contributed by atoms with van der Waals surface area (Å²) in [5.74, 6) is 0.485. The normalized spacial score (nSPS) is 17.0. The van der Waals surface area contributed by atoms with Gasteiger partial charge in [-0.15, -0.1) is 0 Å². The number of nitrogens with one attached hydrogen (secondary N) is 2. The maximum atomic E-state index is 14.0. The van der Waals surface area contributed by atoms with Gasteiger partial charge in [0, 0.05) is 45.7 Å². The number of para-hydroxylation sites is 1. The third kappa shape index (κ3) is 4.50. The molecule has 44 heavy (non-hydrogen) atoms. The number of carbonyl (C=O) groups is 1. The van der Waals surface area contributed by atoms with E-state index in [0.29, 0.717) is 33.9 Å². The fourth-order valence-corrected chi connectivity index (χ4v) is 7.15. The quantitative estimate of drug-likeness (QED) is 0.200. The lowest BCUT2D eigenvalue weighted by molar-refractivity contribution is -0.00767. The van der Waals surface area contributed by atoms with E-state index < -0.39 is 5.91 Å². The number of hydrogen-bond donors (Lipinski definition) is 3. The van der Waals surface area contributed by atoms with Crippen molar-refractivity contribution >= 4 is 44.4 Å². The van der Waals surface area contributed by atoms with Crippen molar-refractivity contribution in [3.05, 3.63) is 84.3 Å². The molecule has 1 fully saturated rings. The first kappa shape index (κ1) is 28.0. The Morgan fingerprint density at radius 3 is 2.48 bits per heavy atom. The molecular weight excluding hydrogens is 553 g/mol. The van der Waals surface area contributed by atoms with E-state index in [4.69, 9.17) is 15.7 Å². The SMILES string of the molecule is CN1C(C)(C)CC(Nc2cc(-n3c4ccccc4c4c(-c5nc6ccc(F)cc6[nH]5)cccc43)ncc2C(N)=O)CC1(C)C. The molecule has 1 saturated heterocycles. The van der Waals surface area contributed by atoms with E-state index in [1.807, 2.05) is 30.3 Å². The summed E-state index contributed by atoms with van der Waals surface area (Å²) in [6, 6.07) is 20.8. The molecule has 0 unspecified atom stereocenters. The molecular formula is C35H36FN7O. The van der Waals surface area contributed by atoms with Crippen LogP contribution >= 0.6 is 0 Å². The van der Waals surface area contributed by atoms with Crippen LogP contribution in [-0.4, -0.2) is 54.5 Å². The Labute approximate surface area is 255 Å². The number of carbonyl (C=O) groups excluding carboxylic acids is 1. The van der Waals surface area contributed by atoms with Crippen LogP contribution in [0.15, 0.2) is 72.9 Å². The molecule has 8 nitrogen and oxygen atoms in total. The second-order valence-electron chi connectivity index (χ2n) is 13.2. The molecule has 1 aliphatic rings. The van der Waals surface area contributed by atoms with Crippen molar-refractivity contribution < 1.29 is 9.18 Å². The van der Waals surface area contributed by atoms with E-state index in [2.05, 4.69) is 72.7 Å². The highest BCUT2D eigenvalue weighted by Crippen LogP contribution is 2.40. The zero-order valence-electron chi connectivity index (χ0n) is 25.6. The van der Waals surface area contributed by atoms with E-state index in [9.17, 15) is 9.18 Å². The summed E-state index contributed by atoms with van der Waals surface area (Å²) in [5.41, 5.74) is 10.9. The lowest BCUT2D eigenvalue weighted by Gasteiger charge is -2.54. The Hall–Kier alpha value is -4.76. The van der Waals surface area contributed by atoms with Crippen molar-refractivity contribution in [2.24, 2.45) is 5.73 Å². The number of aromatic nitrogens is 4. The van der Waals surface area contributed by atoms with Gasteiger partial charge in [-0.05, 0) is 77.9 Å². The summed E-state index contributed by atoms with van der Waals surface area (Å²) in [6.45, 7) is 9.01. The number of H-pyrrole nitrogens is 1. The Bertz CT molecular complexity index is 2070. The molecule has 4 N–H and O–H groups in total. The first-order valence-corrected chi connectivity index (χ1v) is 14.9. The van der Waals surface area contributed by atoms with Gasteiger partial charge in [0.15, 0.2) is 0 Å². The molecule has 0 saturated carbocycles. The van der Waals surface area contributed by atoms with Gasteiger partial charge in [0.25, 0.3) is 5.91 Å². The van der Waals surface area contributed by atoms with Gasteiger partial charge in [-0.2, -0.15) is 0 Å². The van der Waals surface area contributed by atoms with Gasteiger partial charge in [-0.25, -0.2) is 14.4 Å². The number of hydrogen-bond acceptors (Lipinski definition) is 5. The van der Waals surface area contributed by atoms with Crippen LogP contribution < -0.4 is 11.1 Å². The van der Waals surface area contributed by atoms with Gasteiger partial charge >= 0.3 is 0 Å². The van der Waals surface area contributed by atoms with E-state index >= 15 is 0 Å². The minimum Gasteiger partial charge on any atom is -0.381 e. The van der Waals surface area contributed by atoms with Crippen molar-refractivity contribution in [2.75, 3.05) is 12.4 Å². The largest absolute Gasteiger partial charge is 0.381 e. The standard InChI is InChI=1S/C35H36FN7O/c1-34(2)17-21(18-35(3,4)42(34)5)39-26-16-30(38-19-24(26)32(37)44)43-28-11-7-6-9-22(28)31-23(10-8-12-29(31)43)33-40-25-14-13-20(36)15-27(25)41-33/h6-16,19,21H,17-18H2,1-5H3,(H2,37,44)(H,38,39)(H,40,41). The number of benzene rings is 3. The summed E-state index contributed by atoms with van der Waals surface area (Å²) < 4.78 is 16.1. The summed E-state index contributed by atoms with van der Waals surface area (Å²) in [7, 11) is 2.18. The van der Waals surface area contributed by atoms with E-state index in [-0.39, 0.29) is 22.9 Å². The van der Waals surface area contributed by atoms with E-state index in [1.54, 1.807) is 12.3 Å². The maximum absolute atomic E-state index is 14.0. The second-order valence-corrected chi connectivity index (χ2v) is 13.2. The number of rotatable bonds is 5. The fourth-order valence-electron chi connectivity index (χ4n) is 7.15. The summed E-state index contributed by atoms with van der Waals surface area (Å²) in [6.07, 6.45) is 3.38. The molecule has 0 aliphatic carbocycles. The highest BCUT2D eigenvalue weighted by atomic mass is 19.1. The van der Waals surface area contributed by atoms with Crippen LogP contribution in [0.4, 0.5) is 10.1 Å². The van der Waals surface area contributed by atoms with Crippen molar-refractivity contribution in [2.45, 2.75) is 57.7 Å². The zero-order chi connectivity index (χ0) is 31.0. The van der Waals surface area contributed by atoms with E-state index in [0.717, 1.165) is 40.2 Å². The number of nitrogens with zero attached hydrogens (tertiary/aromatic N) is 4. The van der Waals surface area contributed by atoms with Crippen LogP contribution in [0, 0.1) is 5.82 Å². The van der Waals surface area contributed by atoms with Crippen molar-refractivity contribution in [3.8, 4) is 17.2 Å². The Morgan fingerprint density at radius 2 is 1.73 bits per heavy atom. The van der Waals surface area contributed by atoms with Gasteiger partial charge in [-0.3, -0.25) is 14.3 Å². The van der Waals surface area contributed by atoms with Crippen LogP contribution in [0.1, 0.15) is 50.9 Å². The second kappa shape index (κ2) is 9.89. The average Bonchev–Trinajstić information content (AvgIpc) is 3.54. The van der Waals surface area contributed by atoms with Crippen LogP contribution in [0.5, 0.6) is 0 Å². The monoisotopic (exact) mass is 589 g/mol. The number of pyridine rings is 1. The lowest BCUT2D eigenvalue weighted by Crippen LogP contribution is -2.61. The fraction of sp³-hybridized carbons (Fsp3) is 0.286. The molecule has 9 heteroatoms. The third-order valence-electron chi connectivity index (χ3n) is 9.45. The number of imidazole rings is 1. The van der Waals surface area contributed by atoms with Crippen molar-refractivity contribution in [3.63, 3.8) is 0 Å². The summed E-state index contributed by atoms with van der Waals surface area (Å²) in [4.78, 5) is 27.9. The molecule has 0 atom stereocenters. The number of aromatic amines is 1. The molecule has 224 valence electrons. The number of amides is 1. The Balaban J connectivity index is 1.39. The first-order valence-electron chi connectivity index (χ1n) is 14.9. The molecule has 0 spiro atoms. The number of anilines is 1. The number of piperidine rings is 1. The predicted octanol–water partition coefficient (Wildman–Crippen LogP) is 7.02. The molecule has 3 aromatic heterocycles. The molecule has 6 aromatic rings. The summed E-state index contributed by atoms with van der Waals surface area (Å²) >= 11 is 0. The van der Waals surface area contributed by atoms with Crippen molar-refractivity contribution in [1.82, 2.24) is 24.4 Å². The van der Waals surface area contributed by atoms with Gasteiger partial charge in [0.1, 0.15) is 17.5 Å². The molecule has 3 aromatic carbocycles. The van der Waals surface area contributed by atoms with E-state index in [1.165, 1.54) is 12.1 Å². The van der Waals surface area contributed by atoms with Gasteiger partial charge in [0.2, 0.25) is 0 Å². The Morgan fingerprint density at radius 1 is 1.00 bits per heavy atom. The maximum Gasteiger partial charge on any atom is 0.252 e. The number of nitrogens with two attached hydrogens (primary N) is 1. The number of halogens is 1. The van der Waals surface area contributed by atoms with Crippen LogP contribution in [0.2, 0.25) is 0 Å². The highest BCUT2D eigenvalue weighted by Gasteiger charge is 2.43. The topological polar surface area (TPSA) is 105 Å². The van der Waals surface area contributed by atoms with Gasteiger partial charge in [-0.1, -0.05) is 30.3 Å². The lowest BCUT2D eigenvalue weighted by atomic mass is 9.77. The Kier molecular flexibility index (Phi) is 6.30. The van der Waals surface area contributed by atoms with Crippen LogP contribution in [-0.2, 0) is 0 Å². The molecule has 4 heterocycles. The molecule has 0 radical (unpaired) electrons. The molecule has 7 rings (SSSR count). The third-order valence-corrected chi connectivity index (χ3v) is 9.45. The highest BCUT2D eigenvalue weighted by molar-refractivity contribution is 6.15. The van der Waals surface area contributed by atoms with Gasteiger partial charge in [0.05, 0.1) is 33.3 Å². The zero-order valence-corrected chi connectivity index (χ0v) is 25.6. The predicted molar refractivity (Wildman–Crippen MR) is 175 cm³/mol. The molecule has 0 bridgehead atoms. The van der Waals surface area contributed by atoms with Gasteiger partial charge < -0.3 is 16.0 Å². The number of fused-ring (bicyclic) bond motifs is 4. The molecule has 1 aliphatic heterocycles. The van der Waals surface area contributed by atoms with Crippen LogP contribution in [0.25, 0.3) is 50.0 Å². The first-order chi connectivity index (χ1) is 20.9. The van der Waals surface area contributed by atoms with Crippen LogP contribution in [0.3, 0.4) is 0 Å². The molecule has 1 amide bonds. The minimum atomic E-state index is -0.524. The van der Waals surface area contributed by atoms with Crippen molar-refractivity contribution in [1.29, 1.82) is 0 Å².